The summed E-state index contributed by atoms with van der Waals surface area (Å²) in [5.41, 5.74) is 3.05. The Bertz CT molecular complexity index is 1360. The number of carbonyl (C=O) groups excluding carboxylic acids is 3. The van der Waals surface area contributed by atoms with E-state index >= 15 is 0 Å². The van der Waals surface area contributed by atoms with E-state index in [1.54, 1.807) is 48.0 Å². The van der Waals surface area contributed by atoms with E-state index in [1.807, 2.05) is 24.3 Å². The largest absolute Gasteiger partial charge is 0.461 e. The van der Waals surface area contributed by atoms with Crippen molar-refractivity contribution < 1.29 is 19.1 Å². The van der Waals surface area contributed by atoms with Crippen molar-refractivity contribution in [2.45, 2.75) is 26.2 Å². The maximum atomic E-state index is 13.8. The normalized spacial score (nSPS) is 15.4. The number of aromatic nitrogens is 2. The van der Waals surface area contributed by atoms with Crippen molar-refractivity contribution in [1.29, 1.82) is 0 Å². The van der Waals surface area contributed by atoms with Crippen molar-refractivity contribution in [3.8, 4) is 5.69 Å². The highest BCUT2D eigenvalue weighted by Gasteiger charge is 2.35. The molecule has 198 valence electrons. The maximum absolute atomic E-state index is 13.8. The summed E-state index contributed by atoms with van der Waals surface area (Å²) in [5.74, 6) is -0.799. The van der Waals surface area contributed by atoms with Gasteiger partial charge in [-0.1, -0.05) is 17.7 Å². The highest BCUT2D eigenvalue weighted by molar-refractivity contribution is 6.30. The summed E-state index contributed by atoms with van der Waals surface area (Å²) in [5, 5.41) is 4.98. The molecule has 38 heavy (non-hydrogen) atoms. The fourth-order valence-electron chi connectivity index (χ4n) is 5.00. The van der Waals surface area contributed by atoms with Gasteiger partial charge in [0.05, 0.1) is 18.8 Å². The highest BCUT2D eigenvalue weighted by Crippen LogP contribution is 2.31. The zero-order valence-electron chi connectivity index (χ0n) is 21.5. The van der Waals surface area contributed by atoms with E-state index in [4.69, 9.17) is 16.3 Å². The zero-order chi connectivity index (χ0) is 26.8. The molecule has 0 aliphatic carbocycles. The lowest BCUT2D eigenvalue weighted by molar-refractivity contribution is -0.119. The van der Waals surface area contributed by atoms with Crippen LogP contribution in [0.2, 0.25) is 5.02 Å². The van der Waals surface area contributed by atoms with E-state index < -0.39 is 5.97 Å². The first-order chi connectivity index (χ1) is 18.4. The van der Waals surface area contributed by atoms with E-state index in [1.165, 1.54) is 4.68 Å². The third-order valence-electron chi connectivity index (χ3n) is 7.02. The van der Waals surface area contributed by atoms with Crippen LogP contribution >= 0.6 is 11.6 Å². The second-order valence-electron chi connectivity index (χ2n) is 9.45. The molecule has 3 heterocycles. The summed E-state index contributed by atoms with van der Waals surface area (Å²) in [6.07, 6.45) is 2.70. The lowest BCUT2D eigenvalue weighted by Gasteiger charge is -2.28. The van der Waals surface area contributed by atoms with Crippen LogP contribution in [0.5, 0.6) is 0 Å². The van der Waals surface area contributed by atoms with Crippen LogP contribution in [0.3, 0.4) is 0 Å². The minimum absolute atomic E-state index is 0.0373. The first kappa shape index (κ1) is 25.9. The summed E-state index contributed by atoms with van der Waals surface area (Å²) in [7, 11) is 1.77. The summed E-state index contributed by atoms with van der Waals surface area (Å²) in [6.45, 7) is 4.64. The van der Waals surface area contributed by atoms with Gasteiger partial charge in [0.1, 0.15) is 5.69 Å². The van der Waals surface area contributed by atoms with Crippen LogP contribution in [0.25, 0.3) is 5.69 Å². The number of esters is 1. The summed E-state index contributed by atoms with van der Waals surface area (Å²) >= 11 is 6.21. The molecule has 5 rings (SSSR count). The molecule has 0 saturated carbocycles. The van der Waals surface area contributed by atoms with Crippen LogP contribution in [0.4, 0.5) is 11.4 Å². The molecule has 2 aromatic carbocycles. The Morgan fingerprint density at radius 3 is 2.47 bits per heavy atom. The lowest BCUT2D eigenvalue weighted by atomic mass is 10.0. The number of amides is 2. The summed E-state index contributed by atoms with van der Waals surface area (Å²) in [6, 6.07) is 14.3. The minimum Gasteiger partial charge on any atom is -0.461 e. The molecule has 0 radical (unpaired) electrons. The Morgan fingerprint density at radius 2 is 1.79 bits per heavy atom. The number of hydrogen-bond acceptors (Lipinski definition) is 6. The SMILES string of the molecule is CCOC(=O)c1nn(-c2cccc(Cl)c2)c2c1CCN(c1ccc(N(C)C(=O)CN3CCCC3)cc1)C2=O. The Labute approximate surface area is 226 Å². The lowest BCUT2D eigenvalue weighted by Crippen LogP contribution is -2.39. The van der Waals surface area contributed by atoms with E-state index in [9.17, 15) is 14.4 Å². The number of ether oxygens (including phenoxy) is 1. The molecule has 0 atom stereocenters. The first-order valence-corrected chi connectivity index (χ1v) is 13.2. The van der Waals surface area contributed by atoms with Gasteiger partial charge in [-0.3, -0.25) is 14.5 Å². The molecule has 2 aliphatic heterocycles. The van der Waals surface area contributed by atoms with E-state index in [0.717, 1.165) is 31.6 Å². The summed E-state index contributed by atoms with van der Waals surface area (Å²) < 4.78 is 6.68. The monoisotopic (exact) mass is 535 g/mol. The fraction of sp³-hybridized carbons (Fsp3) is 0.357. The quantitative estimate of drug-likeness (QED) is 0.425. The van der Waals surface area contributed by atoms with Crippen LogP contribution in [0.1, 0.15) is 46.3 Å². The zero-order valence-corrected chi connectivity index (χ0v) is 22.3. The number of likely N-dealkylation sites (tertiary alicyclic amines) is 1. The van der Waals surface area contributed by atoms with Gasteiger partial charge in [0.2, 0.25) is 5.91 Å². The predicted molar refractivity (Wildman–Crippen MR) is 145 cm³/mol. The number of likely N-dealkylation sites (N-methyl/N-ethyl adjacent to an activating group) is 1. The molecule has 0 N–H and O–H groups in total. The van der Waals surface area contributed by atoms with Crippen LogP contribution in [-0.2, 0) is 16.0 Å². The molecular weight excluding hydrogens is 506 g/mol. The van der Waals surface area contributed by atoms with Crippen molar-refractivity contribution in [2.24, 2.45) is 0 Å². The second-order valence-corrected chi connectivity index (χ2v) is 9.88. The van der Waals surface area contributed by atoms with Gasteiger partial charge < -0.3 is 14.5 Å². The van der Waals surface area contributed by atoms with Crippen molar-refractivity contribution >= 4 is 40.8 Å². The third-order valence-corrected chi connectivity index (χ3v) is 7.25. The number of hydrogen-bond donors (Lipinski definition) is 0. The van der Waals surface area contributed by atoms with Crippen LogP contribution < -0.4 is 9.80 Å². The van der Waals surface area contributed by atoms with E-state index in [0.29, 0.717) is 47.2 Å². The van der Waals surface area contributed by atoms with E-state index in [-0.39, 0.29) is 24.1 Å². The summed E-state index contributed by atoms with van der Waals surface area (Å²) in [4.78, 5) is 44.7. The van der Waals surface area contributed by atoms with Crippen LogP contribution in [0.15, 0.2) is 48.5 Å². The smallest absolute Gasteiger partial charge is 0.359 e. The highest BCUT2D eigenvalue weighted by atomic mass is 35.5. The predicted octanol–water partition coefficient (Wildman–Crippen LogP) is 3.96. The van der Waals surface area contributed by atoms with Gasteiger partial charge in [-0.05, 0) is 81.7 Å². The number of nitrogens with zero attached hydrogens (tertiary/aromatic N) is 5. The van der Waals surface area contributed by atoms with Gasteiger partial charge in [-0.15, -0.1) is 0 Å². The maximum Gasteiger partial charge on any atom is 0.359 e. The van der Waals surface area contributed by atoms with Gasteiger partial charge in [0.15, 0.2) is 5.69 Å². The van der Waals surface area contributed by atoms with Crippen molar-refractivity contribution in [3.63, 3.8) is 0 Å². The topological polar surface area (TPSA) is 88.0 Å². The number of anilines is 2. The average Bonchev–Trinajstić information content (AvgIpc) is 3.57. The third kappa shape index (κ3) is 5.04. The Hall–Kier alpha value is -3.69. The number of carbonyl (C=O) groups is 3. The molecule has 9 nitrogen and oxygen atoms in total. The molecule has 1 saturated heterocycles. The molecule has 10 heteroatoms. The van der Waals surface area contributed by atoms with Gasteiger partial charge >= 0.3 is 5.97 Å². The van der Waals surface area contributed by atoms with Gasteiger partial charge in [0, 0.05) is 35.6 Å². The molecule has 0 unspecified atom stereocenters. The minimum atomic E-state index is -0.559. The fourth-order valence-corrected chi connectivity index (χ4v) is 5.19. The van der Waals surface area contributed by atoms with Crippen LogP contribution in [0, 0.1) is 0 Å². The van der Waals surface area contributed by atoms with Crippen molar-refractivity contribution in [2.75, 3.05) is 49.6 Å². The molecule has 3 aromatic rings. The first-order valence-electron chi connectivity index (χ1n) is 12.8. The molecule has 2 aliphatic rings. The molecule has 0 bridgehead atoms. The van der Waals surface area contributed by atoms with Gasteiger partial charge in [-0.25, -0.2) is 9.48 Å². The van der Waals surface area contributed by atoms with Crippen molar-refractivity contribution in [3.05, 3.63) is 70.5 Å². The van der Waals surface area contributed by atoms with E-state index in [2.05, 4.69) is 10.00 Å². The van der Waals surface area contributed by atoms with Gasteiger partial charge in [-0.2, -0.15) is 5.10 Å². The number of fused-ring (bicyclic) bond motifs is 1. The number of rotatable bonds is 7. The van der Waals surface area contributed by atoms with Crippen molar-refractivity contribution in [1.82, 2.24) is 14.7 Å². The second kappa shape index (κ2) is 11.0. The number of benzene rings is 2. The Kier molecular flexibility index (Phi) is 7.49. The Balaban J connectivity index is 1.42. The molecule has 1 fully saturated rings. The molecule has 1 aromatic heterocycles. The molecular formula is C28H30ClN5O4. The standard InChI is InChI=1S/C28H30ClN5O4/c1-3-38-28(37)25-23-13-16-33(27(36)26(23)34(30-25)22-8-6-7-19(29)17-22)21-11-9-20(10-12-21)31(2)24(35)18-32-14-4-5-15-32/h6-12,17H,3-5,13-16,18H2,1-2H3. The molecule has 2 amide bonds. The average molecular weight is 536 g/mol. The Morgan fingerprint density at radius 1 is 1.05 bits per heavy atom. The molecule has 0 spiro atoms. The number of halogens is 1. The van der Waals surface area contributed by atoms with Gasteiger partial charge in [0.25, 0.3) is 5.91 Å². The van der Waals surface area contributed by atoms with Crippen LogP contribution in [-0.4, -0.2) is 72.3 Å².